The molecule has 1 heterocycles. The Balaban J connectivity index is 1.54. The minimum absolute atomic E-state index is 0.0589. The zero-order valence-electron chi connectivity index (χ0n) is 15.8. The third-order valence-corrected chi connectivity index (χ3v) is 4.39. The zero-order valence-corrected chi connectivity index (χ0v) is 15.8. The van der Waals surface area contributed by atoms with Crippen molar-refractivity contribution in [3.63, 3.8) is 0 Å². The van der Waals surface area contributed by atoms with Gasteiger partial charge in [-0.05, 0) is 49.2 Å². The first-order valence-corrected chi connectivity index (χ1v) is 9.21. The van der Waals surface area contributed by atoms with Gasteiger partial charge in [-0.25, -0.2) is 0 Å². The van der Waals surface area contributed by atoms with Crippen molar-refractivity contribution in [1.82, 2.24) is 5.32 Å². The molecule has 28 heavy (non-hydrogen) atoms. The van der Waals surface area contributed by atoms with Gasteiger partial charge in [-0.15, -0.1) is 0 Å². The first-order chi connectivity index (χ1) is 13.7. The second-order valence-corrected chi connectivity index (χ2v) is 6.40. The van der Waals surface area contributed by atoms with Crippen LogP contribution in [-0.2, 0) is 9.53 Å². The summed E-state index contributed by atoms with van der Waals surface area (Å²) in [7, 11) is 1.58. The molecule has 0 spiro atoms. The number of benzene rings is 2. The second-order valence-electron chi connectivity index (χ2n) is 6.40. The number of anilines is 1. The first kappa shape index (κ1) is 19.7. The van der Waals surface area contributed by atoms with Gasteiger partial charge in [-0.1, -0.05) is 12.1 Å². The fraction of sp³-hybridized carbons (Fsp3) is 0.333. The van der Waals surface area contributed by atoms with Crippen LogP contribution in [0.2, 0.25) is 0 Å². The molecular formula is C21H24N2O5. The molecule has 7 nitrogen and oxygen atoms in total. The van der Waals surface area contributed by atoms with Crippen molar-refractivity contribution in [2.75, 3.05) is 32.2 Å². The third kappa shape index (κ3) is 5.47. The lowest BCUT2D eigenvalue weighted by molar-refractivity contribution is -0.118. The Labute approximate surface area is 164 Å². The molecular weight excluding hydrogens is 360 g/mol. The Kier molecular flexibility index (Phi) is 6.86. The van der Waals surface area contributed by atoms with Crippen LogP contribution in [0.15, 0.2) is 48.5 Å². The summed E-state index contributed by atoms with van der Waals surface area (Å²) in [5.74, 6) is 0.663. The van der Waals surface area contributed by atoms with Gasteiger partial charge in [0.1, 0.15) is 11.5 Å². The Hall–Kier alpha value is -3.06. The number of ether oxygens (including phenoxy) is 3. The zero-order chi connectivity index (χ0) is 19.8. The lowest BCUT2D eigenvalue weighted by atomic mass is 10.1. The van der Waals surface area contributed by atoms with Crippen molar-refractivity contribution in [2.45, 2.75) is 18.9 Å². The molecule has 2 amide bonds. The summed E-state index contributed by atoms with van der Waals surface area (Å²) in [6, 6.07) is 13.8. The Morgan fingerprint density at radius 1 is 1.11 bits per heavy atom. The van der Waals surface area contributed by atoms with Crippen LogP contribution < -0.4 is 20.1 Å². The molecule has 1 saturated heterocycles. The van der Waals surface area contributed by atoms with Gasteiger partial charge in [-0.3, -0.25) is 9.59 Å². The molecule has 3 rings (SSSR count). The number of hydrogen-bond acceptors (Lipinski definition) is 5. The van der Waals surface area contributed by atoms with Gasteiger partial charge in [-0.2, -0.15) is 0 Å². The molecule has 2 aromatic rings. The van der Waals surface area contributed by atoms with Gasteiger partial charge in [0.05, 0.1) is 24.5 Å². The van der Waals surface area contributed by atoms with E-state index in [-0.39, 0.29) is 24.5 Å². The van der Waals surface area contributed by atoms with E-state index in [0.29, 0.717) is 29.3 Å². The molecule has 1 aliphatic rings. The number of hydrogen-bond donors (Lipinski definition) is 2. The Morgan fingerprint density at radius 2 is 1.86 bits per heavy atom. The van der Waals surface area contributed by atoms with Crippen LogP contribution in [0, 0.1) is 0 Å². The summed E-state index contributed by atoms with van der Waals surface area (Å²) in [5, 5.41) is 5.60. The van der Waals surface area contributed by atoms with Crippen molar-refractivity contribution in [2.24, 2.45) is 0 Å². The molecule has 0 aromatic heterocycles. The molecule has 1 atom stereocenters. The third-order valence-electron chi connectivity index (χ3n) is 4.39. The maximum Gasteiger partial charge on any atom is 0.262 e. The van der Waals surface area contributed by atoms with Crippen molar-refractivity contribution < 1.29 is 23.8 Å². The smallest absolute Gasteiger partial charge is 0.262 e. The number of methoxy groups -OCH3 is 1. The molecule has 148 valence electrons. The van der Waals surface area contributed by atoms with E-state index in [1.807, 2.05) is 0 Å². The summed E-state index contributed by atoms with van der Waals surface area (Å²) in [5.41, 5.74) is 0.842. The van der Waals surface area contributed by atoms with Crippen molar-refractivity contribution in [1.29, 1.82) is 0 Å². The summed E-state index contributed by atoms with van der Waals surface area (Å²) >= 11 is 0. The average Bonchev–Trinajstić information content (AvgIpc) is 3.25. The van der Waals surface area contributed by atoms with Crippen molar-refractivity contribution in [3.8, 4) is 11.5 Å². The van der Waals surface area contributed by atoms with Crippen LogP contribution >= 0.6 is 0 Å². The van der Waals surface area contributed by atoms with E-state index >= 15 is 0 Å². The van der Waals surface area contributed by atoms with E-state index < -0.39 is 0 Å². The van der Waals surface area contributed by atoms with Gasteiger partial charge in [0.15, 0.2) is 6.61 Å². The largest absolute Gasteiger partial charge is 0.497 e. The van der Waals surface area contributed by atoms with E-state index in [1.54, 1.807) is 55.6 Å². The molecule has 0 aliphatic carbocycles. The topological polar surface area (TPSA) is 85.9 Å². The number of carbonyl (C=O) groups excluding carboxylic acids is 2. The number of nitrogens with one attached hydrogen (secondary N) is 2. The summed E-state index contributed by atoms with van der Waals surface area (Å²) in [6.07, 6.45) is 2.02. The van der Waals surface area contributed by atoms with E-state index in [4.69, 9.17) is 14.2 Å². The van der Waals surface area contributed by atoms with Crippen molar-refractivity contribution in [3.05, 3.63) is 54.1 Å². The number of amides is 2. The molecule has 0 bridgehead atoms. The van der Waals surface area contributed by atoms with Gasteiger partial charge >= 0.3 is 0 Å². The predicted molar refractivity (Wildman–Crippen MR) is 105 cm³/mol. The van der Waals surface area contributed by atoms with Gasteiger partial charge in [0, 0.05) is 13.2 Å². The number of para-hydroxylation sites is 1. The van der Waals surface area contributed by atoms with Gasteiger partial charge < -0.3 is 24.8 Å². The minimum atomic E-state index is -0.352. The van der Waals surface area contributed by atoms with Crippen LogP contribution in [0.5, 0.6) is 11.5 Å². The van der Waals surface area contributed by atoms with E-state index in [2.05, 4.69) is 10.6 Å². The standard InChI is InChI=1S/C21H24N2O5/c1-26-15-8-10-16(11-9-15)28-14-20(24)23-19-7-3-2-6-18(19)21(25)22-13-17-5-4-12-27-17/h2-3,6-11,17H,4-5,12-14H2,1H3,(H,22,25)(H,23,24)/t17-/m1/s1. The van der Waals surface area contributed by atoms with Crippen molar-refractivity contribution >= 4 is 17.5 Å². The monoisotopic (exact) mass is 384 g/mol. The lowest BCUT2D eigenvalue weighted by Gasteiger charge is -2.14. The molecule has 0 unspecified atom stereocenters. The normalized spacial score (nSPS) is 15.7. The maximum atomic E-state index is 12.5. The fourth-order valence-corrected chi connectivity index (χ4v) is 2.90. The summed E-state index contributed by atoms with van der Waals surface area (Å²) in [6.45, 7) is 1.03. The summed E-state index contributed by atoms with van der Waals surface area (Å²) in [4.78, 5) is 24.7. The van der Waals surface area contributed by atoms with Crippen LogP contribution in [0.1, 0.15) is 23.2 Å². The lowest BCUT2D eigenvalue weighted by Crippen LogP contribution is -2.32. The number of carbonyl (C=O) groups is 2. The minimum Gasteiger partial charge on any atom is -0.497 e. The highest BCUT2D eigenvalue weighted by molar-refractivity contribution is 6.04. The quantitative estimate of drug-likeness (QED) is 0.731. The molecule has 0 saturated carbocycles. The average molecular weight is 384 g/mol. The van der Waals surface area contributed by atoms with Crippen LogP contribution in [0.4, 0.5) is 5.69 Å². The summed E-state index contributed by atoms with van der Waals surface area (Å²) < 4.78 is 16.1. The van der Waals surface area contributed by atoms with Crippen LogP contribution in [0.25, 0.3) is 0 Å². The second kappa shape index (κ2) is 9.75. The van der Waals surface area contributed by atoms with E-state index in [1.165, 1.54) is 0 Å². The molecule has 1 fully saturated rings. The molecule has 1 aliphatic heterocycles. The molecule has 0 radical (unpaired) electrons. The van der Waals surface area contributed by atoms with E-state index in [0.717, 1.165) is 19.4 Å². The molecule has 7 heteroatoms. The molecule has 2 N–H and O–H groups in total. The highest BCUT2D eigenvalue weighted by Crippen LogP contribution is 2.18. The Morgan fingerprint density at radius 3 is 2.57 bits per heavy atom. The van der Waals surface area contributed by atoms with Gasteiger partial charge in [0.25, 0.3) is 11.8 Å². The highest BCUT2D eigenvalue weighted by atomic mass is 16.5. The highest BCUT2D eigenvalue weighted by Gasteiger charge is 2.18. The van der Waals surface area contributed by atoms with Gasteiger partial charge in [0.2, 0.25) is 0 Å². The van der Waals surface area contributed by atoms with E-state index in [9.17, 15) is 9.59 Å². The van der Waals surface area contributed by atoms with Crippen LogP contribution in [0.3, 0.4) is 0 Å². The first-order valence-electron chi connectivity index (χ1n) is 9.21. The maximum absolute atomic E-state index is 12.5. The SMILES string of the molecule is COc1ccc(OCC(=O)Nc2ccccc2C(=O)NC[C@H]2CCCO2)cc1. The number of rotatable bonds is 8. The Bertz CT molecular complexity index is 801. The predicted octanol–water partition coefficient (Wildman–Crippen LogP) is 2.62. The molecule has 2 aromatic carbocycles. The van der Waals surface area contributed by atoms with Crippen LogP contribution in [-0.4, -0.2) is 44.8 Å². The fourth-order valence-electron chi connectivity index (χ4n) is 2.90.